The number of esters is 1. The number of nitrogens with one attached hydrogen (secondary N) is 1. The van der Waals surface area contributed by atoms with Gasteiger partial charge >= 0.3 is 5.97 Å². The van der Waals surface area contributed by atoms with E-state index in [2.05, 4.69) is 28.8 Å². The number of hydrogen-bond acceptors (Lipinski definition) is 5. The Morgan fingerprint density at radius 3 is 2.22 bits per heavy atom. The third-order valence-electron chi connectivity index (χ3n) is 3.47. The van der Waals surface area contributed by atoms with Gasteiger partial charge in [0, 0.05) is 24.5 Å². The molecule has 0 saturated heterocycles. The Labute approximate surface area is 139 Å². The molecule has 1 aromatic heterocycles. The second-order valence-electron chi connectivity index (χ2n) is 4.83. The van der Waals surface area contributed by atoms with Crippen molar-refractivity contribution in [1.29, 1.82) is 0 Å². The lowest BCUT2D eigenvalue weighted by atomic mass is 10.2. The van der Waals surface area contributed by atoms with Crippen molar-refractivity contribution >= 4 is 34.6 Å². The first-order valence-electron chi connectivity index (χ1n) is 7.43. The van der Waals surface area contributed by atoms with E-state index in [0.29, 0.717) is 9.75 Å². The van der Waals surface area contributed by atoms with E-state index in [1.165, 1.54) is 7.11 Å². The standard InChI is InChI=1S/C17H20N2O3S/c1-4-19(5-2)13-8-6-12(7-9-13)18-16(20)14-10-11-15(23-14)17(21)22-3/h6-11H,4-5H2,1-3H3,(H,18,20). The van der Waals surface area contributed by atoms with Crippen molar-refractivity contribution in [1.82, 2.24) is 0 Å². The van der Waals surface area contributed by atoms with Gasteiger partial charge in [0.05, 0.1) is 12.0 Å². The molecule has 2 rings (SSSR count). The van der Waals surface area contributed by atoms with Crippen molar-refractivity contribution in [3.05, 3.63) is 46.2 Å². The van der Waals surface area contributed by atoms with Crippen LogP contribution in [0.25, 0.3) is 0 Å². The summed E-state index contributed by atoms with van der Waals surface area (Å²) in [5, 5.41) is 2.83. The molecule has 0 aliphatic rings. The van der Waals surface area contributed by atoms with Crippen LogP contribution < -0.4 is 10.2 Å². The van der Waals surface area contributed by atoms with Crippen molar-refractivity contribution < 1.29 is 14.3 Å². The van der Waals surface area contributed by atoms with Crippen molar-refractivity contribution in [2.24, 2.45) is 0 Å². The zero-order chi connectivity index (χ0) is 16.8. The van der Waals surface area contributed by atoms with Crippen LogP contribution in [0.5, 0.6) is 0 Å². The summed E-state index contributed by atoms with van der Waals surface area (Å²) in [7, 11) is 1.32. The van der Waals surface area contributed by atoms with Crippen LogP contribution in [0.1, 0.15) is 33.2 Å². The summed E-state index contributed by atoms with van der Waals surface area (Å²) in [5.41, 5.74) is 1.84. The Kier molecular flexibility index (Phi) is 5.76. The zero-order valence-electron chi connectivity index (χ0n) is 13.5. The van der Waals surface area contributed by atoms with Gasteiger partial charge in [0.25, 0.3) is 5.91 Å². The van der Waals surface area contributed by atoms with Gasteiger partial charge in [0.1, 0.15) is 4.88 Å². The molecule has 1 heterocycles. The molecule has 0 saturated carbocycles. The van der Waals surface area contributed by atoms with E-state index in [1.54, 1.807) is 12.1 Å². The summed E-state index contributed by atoms with van der Waals surface area (Å²) in [6.07, 6.45) is 0. The van der Waals surface area contributed by atoms with Crippen molar-refractivity contribution in [3.63, 3.8) is 0 Å². The number of benzene rings is 1. The van der Waals surface area contributed by atoms with Crippen molar-refractivity contribution in [3.8, 4) is 0 Å². The molecule has 1 N–H and O–H groups in total. The van der Waals surface area contributed by atoms with Gasteiger partial charge in [-0.05, 0) is 50.2 Å². The van der Waals surface area contributed by atoms with Gasteiger partial charge in [-0.1, -0.05) is 0 Å². The second kappa shape index (κ2) is 7.78. The molecule has 0 aliphatic carbocycles. The molecule has 0 atom stereocenters. The maximum Gasteiger partial charge on any atom is 0.348 e. The second-order valence-corrected chi connectivity index (χ2v) is 5.91. The largest absolute Gasteiger partial charge is 0.465 e. The molecule has 6 heteroatoms. The van der Waals surface area contributed by atoms with Gasteiger partial charge < -0.3 is 15.0 Å². The number of anilines is 2. The molecule has 1 amide bonds. The van der Waals surface area contributed by atoms with E-state index in [4.69, 9.17) is 0 Å². The fourth-order valence-electron chi connectivity index (χ4n) is 2.21. The molecule has 0 fully saturated rings. The third kappa shape index (κ3) is 4.10. The summed E-state index contributed by atoms with van der Waals surface area (Å²) in [6, 6.07) is 10.9. The molecule has 23 heavy (non-hydrogen) atoms. The Hall–Kier alpha value is -2.34. The molecule has 0 aliphatic heterocycles. The van der Waals surface area contributed by atoms with E-state index >= 15 is 0 Å². The molecule has 0 unspecified atom stereocenters. The van der Waals surface area contributed by atoms with E-state index in [0.717, 1.165) is 35.8 Å². The lowest BCUT2D eigenvalue weighted by Gasteiger charge is -2.21. The minimum absolute atomic E-state index is 0.235. The minimum atomic E-state index is -0.433. The van der Waals surface area contributed by atoms with Gasteiger partial charge in [0.15, 0.2) is 0 Å². The predicted octanol–water partition coefficient (Wildman–Crippen LogP) is 3.63. The van der Waals surface area contributed by atoms with Crippen LogP contribution in [-0.4, -0.2) is 32.1 Å². The van der Waals surface area contributed by atoms with Crippen LogP contribution in [0.4, 0.5) is 11.4 Å². The molecule has 0 spiro atoms. The van der Waals surface area contributed by atoms with Gasteiger partial charge in [0.2, 0.25) is 0 Å². The number of rotatable bonds is 6. The van der Waals surface area contributed by atoms with Crippen LogP contribution >= 0.6 is 11.3 Å². The summed E-state index contributed by atoms with van der Waals surface area (Å²) >= 11 is 1.11. The van der Waals surface area contributed by atoms with E-state index in [1.807, 2.05) is 24.3 Å². The van der Waals surface area contributed by atoms with Crippen LogP contribution in [-0.2, 0) is 4.74 Å². The Morgan fingerprint density at radius 1 is 1.04 bits per heavy atom. The fraction of sp³-hybridized carbons (Fsp3) is 0.294. The summed E-state index contributed by atoms with van der Waals surface area (Å²) in [6.45, 7) is 6.09. The first-order chi connectivity index (χ1) is 11.1. The highest BCUT2D eigenvalue weighted by Crippen LogP contribution is 2.21. The number of thiophene rings is 1. The van der Waals surface area contributed by atoms with Gasteiger partial charge in [-0.15, -0.1) is 11.3 Å². The summed E-state index contributed by atoms with van der Waals surface area (Å²) < 4.78 is 4.64. The molecule has 0 radical (unpaired) electrons. The Bertz CT molecular complexity index is 675. The smallest absolute Gasteiger partial charge is 0.348 e. The minimum Gasteiger partial charge on any atom is -0.465 e. The summed E-state index contributed by atoms with van der Waals surface area (Å²) in [4.78, 5) is 26.7. The normalized spacial score (nSPS) is 10.2. The highest BCUT2D eigenvalue weighted by atomic mass is 32.1. The topological polar surface area (TPSA) is 58.6 Å². The Balaban J connectivity index is 2.05. The first-order valence-corrected chi connectivity index (χ1v) is 8.25. The zero-order valence-corrected chi connectivity index (χ0v) is 14.3. The van der Waals surface area contributed by atoms with Crippen LogP contribution in [0.3, 0.4) is 0 Å². The SMILES string of the molecule is CCN(CC)c1ccc(NC(=O)c2ccc(C(=O)OC)s2)cc1. The lowest BCUT2D eigenvalue weighted by Crippen LogP contribution is -2.21. The lowest BCUT2D eigenvalue weighted by molar-refractivity contribution is 0.0606. The van der Waals surface area contributed by atoms with Crippen molar-refractivity contribution in [2.75, 3.05) is 30.4 Å². The molecule has 5 nitrogen and oxygen atoms in total. The third-order valence-corrected chi connectivity index (χ3v) is 4.53. The average Bonchev–Trinajstić information content (AvgIpc) is 3.07. The van der Waals surface area contributed by atoms with Crippen LogP contribution in [0.15, 0.2) is 36.4 Å². The van der Waals surface area contributed by atoms with Crippen LogP contribution in [0.2, 0.25) is 0 Å². The fourth-order valence-corrected chi connectivity index (χ4v) is 3.03. The molecule has 1 aromatic carbocycles. The highest BCUT2D eigenvalue weighted by molar-refractivity contribution is 7.16. The Morgan fingerprint density at radius 2 is 1.65 bits per heavy atom. The number of ether oxygens (including phenoxy) is 1. The van der Waals surface area contributed by atoms with Crippen LogP contribution in [0, 0.1) is 0 Å². The average molecular weight is 332 g/mol. The molecule has 0 bridgehead atoms. The molecule has 122 valence electrons. The quantitative estimate of drug-likeness (QED) is 0.821. The molecular weight excluding hydrogens is 312 g/mol. The number of amides is 1. The van der Waals surface area contributed by atoms with E-state index < -0.39 is 5.97 Å². The summed E-state index contributed by atoms with van der Waals surface area (Å²) in [5.74, 6) is -0.668. The van der Waals surface area contributed by atoms with Crippen molar-refractivity contribution in [2.45, 2.75) is 13.8 Å². The van der Waals surface area contributed by atoms with E-state index in [-0.39, 0.29) is 5.91 Å². The maximum absolute atomic E-state index is 12.2. The van der Waals surface area contributed by atoms with Gasteiger partial charge in [-0.25, -0.2) is 4.79 Å². The number of methoxy groups -OCH3 is 1. The number of carbonyl (C=O) groups excluding carboxylic acids is 2. The maximum atomic E-state index is 12.2. The van der Waals surface area contributed by atoms with Gasteiger partial charge in [-0.2, -0.15) is 0 Å². The van der Waals surface area contributed by atoms with E-state index in [9.17, 15) is 9.59 Å². The predicted molar refractivity (Wildman–Crippen MR) is 93.6 cm³/mol. The number of hydrogen-bond donors (Lipinski definition) is 1. The number of nitrogens with zero attached hydrogens (tertiary/aromatic N) is 1. The highest BCUT2D eigenvalue weighted by Gasteiger charge is 2.14. The first kappa shape index (κ1) is 17.0. The number of carbonyl (C=O) groups is 2. The molecule has 2 aromatic rings. The van der Waals surface area contributed by atoms with Gasteiger partial charge in [-0.3, -0.25) is 4.79 Å². The monoisotopic (exact) mass is 332 g/mol. The molecular formula is C17H20N2O3S.